The van der Waals surface area contributed by atoms with Crippen molar-refractivity contribution in [3.8, 4) is 0 Å². The average Bonchev–Trinajstić information content (AvgIpc) is 2.83. The Morgan fingerprint density at radius 3 is 1.80 bits per heavy atom. The van der Waals surface area contributed by atoms with Crippen molar-refractivity contribution in [1.82, 2.24) is 0 Å². The van der Waals surface area contributed by atoms with E-state index in [2.05, 4.69) is 10.2 Å². The summed E-state index contributed by atoms with van der Waals surface area (Å²) in [6.07, 6.45) is 0. The van der Waals surface area contributed by atoms with Gasteiger partial charge in [0.05, 0.1) is 32.7 Å². The molecule has 0 heterocycles. The van der Waals surface area contributed by atoms with Crippen molar-refractivity contribution < 1.29 is 29.6 Å². The molecule has 0 saturated heterocycles. The predicted octanol–water partition coefficient (Wildman–Crippen LogP) is 5.07. The maximum atomic E-state index is 11.0. The Balaban J connectivity index is 0.000000258. The molecule has 0 saturated carbocycles. The molecular weight excluding hydrogens is 462 g/mol. The van der Waals surface area contributed by atoms with Crippen molar-refractivity contribution in [2.45, 2.75) is 0 Å². The standard InChI is InChI=1S/C15H15N3O2.C7H4N2O6/c1-18(2)12-9-7-11(8-10-12)16-17-14-6-4-3-5-13(14)15(19)20;10-7(11)4-1-5(8(12)13)3-6(2-4)9(14)15/h3-10H,1-2H3,(H,19,20);1-3H,(H,10,11). The number of hydrogen-bond donors (Lipinski definition) is 2. The second kappa shape index (κ2) is 11.6. The molecular formula is C22H19N5O8. The molecule has 3 aromatic rings. The molecule has 0 fully saturated rings. The molecule has 0 amide bonds. The Hall–Kier alpha value is -5.20. The van der Waals surface area contributed by atoms with Crippen molar-refractivity contribution >= 4 is 40.4 Å². The fourth-order valence-electron chi connectivity index (χ4n) is 2.60. The van der Waals surface area contributed by atoms with Crippen LogP contribution < -0.4 is 4.90 Å². The third kappa shape index (κ3) is 7.42. The van der Waals surface area contributed by atoms with Crippen LogP contribution in [-0.2, 0) is 0 Å². The van der Waals surface area contributed by atoms with Gasteiger partial charge < -0.3 is 15.1 Å². The first-order valence-electron chi connectivity index (χ1n) is 9.68. The van der Waals surface area contributed by atoms with Crippen LogP contribution in [0.4, 0.5) is 28.4 Å². The summed E-state index contributed by atoms with van der Waals surface area (Å²) < 4.78 is 0. The van der Waals surface area contributed by atoms with E-state index in [4.69, 9.17) is 10.2 Å². The highest BCUT2D eigenvalue weighted by Gasteiger charge is 2.19. The number of benzene rings is 3. The van der Waals surface area contributed by atoms with Crippen LogP contribution in [0.3, 0.4) is 0 Å². The monoisotopic (exact) mass is 481 g/mol. The Morgan fingerprint density at radius 2 is 1.34 bits per heavy atom. The molecule has 0 atom stereocenters. The second-order valence-electron chi connectivity index (χ2n) is 6.99. The van der Waals surface area contributed by atoms with Crippen LogP contribution in [0.1, 0.15) is 20.7 Å². The highest BCUT2D eigenvalue weighted by Crippen LogP contribution is 2.24. The highest BCUT2D eigenvalue weighted by molar-refractivity contribution is 5.93. The summed E-state index contributed by atoms with van der Waals surface area (Å²) in [4.78, 5) is 42.4. The summed E-state index contributed by atoms with van der Waals surface area (Å²) in [5.41, 5.74) is 0.489. The summed E-state index contributed by atoms with van der Waals surface area (Å²) in [6.45, 7) is 0. The lowest BCUT2D eigenvalue weighted by atomic mass is 10.2. The molecule has 0 spiro atoms. The minimum absolute atomic E-state index is 0.140. The number of anilines is 1. The Morgan fingerprint density at radius 1 is 0.800 bits per heavy atom. The number of nitrogens with zero attached hydrogens (tertiary/aromatic N) is 5. The van der Waals surface area contributed by atoms with E-state index < -0.39 is 38.7 Å². The van der Waals surface area contributed by atoms with E-state index in [0.717, 1.165) is 17.8 Å². The maximum absolute atomic E-state index is 11.0. The Bertz CT molecular complexity index is 1210. The van der Waals surface area contributed by atoms with Crippen LogP contribution in [0, 0.1) is 20.2 Å². The molecule has 2 N–H and O–H groups in total. The van der Waals surface area contributed by atoms with Crippen molar-refractivity contribution in [3.63, 3.8) is 0 Å². The zero-order valence-electron chi connectivity index (χ0n) is 18.4. The zero-order valence-corrected chi connectivity index (χ0v) is 18.4. The molecule has 3 rings (SSSR count). The van der Waals surface area contributed by atoms with Gasteiger partial charge in [-0.25, -0.2) is 9.59 Å². The summed E-state index contributed by atoms with van der Waals surface area (Å²) >= 11 is 0. The lowest BCUT2D eigenvalue weighted by molar-refractivity contribution is -0.394. The van der Waals surface area contributed by atoms with Crippen molar-refractivity contribution in [3.05, 3.63) is 98.1 Å². The number of azo groups is 1. The zero-order chi connectivity index (χ0) is 26.1. The van der Waals surface area contributed by atoms with E-state index in [0.29, 0.717) is 17.4 Å². The van der Waals surface area contributed by atoms with Gasteiger partial charge in [0.2, 0.25) is 0 Å². The summed E-state index contributed by atoms with van der Waals surface area (Å²) in [5, 5.41) is 46.4. The van der Waals surface area contributed by atoms with Crippen molar-refractivity contribution in [1.29, 1.82) is 0 Å². The lowest BCUT2D eigenvalue weighted by Crippen LogP contribution is -2.07. The van der Waals surface area contributed by atoms with Gasteiger partial charge in [-0.3, -0.25) is 20.2 Å². The van der Waals surface area contributed by atoms with Gasteiger partial charge in [0.1, 0.15) is 5.69 Å². The van der Waals surface area contributed by atoms with E-state index in [-0.39, 0.29) is 5.56 Å². The molecule has 3 aromatic carbocycles. The summed E-state index contributed by atoms with van der Waals surface area (Å²) in [6, 6.07) is 16.3. The van der Waals surface area contributed by atoms with Crippen LogP contribution >= 0.6 is 0 Å². The number of nitro benzene ring substituents is 2. The second-order valence-corrected chi connectivity index (χ2v) is 6.99. The van der Waals surface area contributed by atoms with Gasteiger partial charge in [-0.2, -0.15) is 5.11 Å². The van der Waals surface area contributed by atoms with E-state index >= 15 is 0 Å². The van der Waals surface area contributed by atoms with Gasteiger partial charge >= 0.3 is 11.9 Å². The van der Waals surface area contributed by atoms with Crippen LogP contribution in [0.5, 0.6) is 0 Å². The van der Waals surface area contributed by atoms with Crippen molar-refractivity contribution in [2.75, 3.05) is 19.0 Å². The van der Waals surface area contributed by atoms with Crippen LogP contribution in [0.25, 0.3) is 0 Å². The number of carboxylic acids is 2. The topological polar surface area (TPSA) is 189 Å². The fraction of sp³-hybridized carbons (Fsp3) is 0.0909. The minimum atomic E-state index is -1.46. The lowest BCUT2D eigenvalue weighted by Gasteiger charge is -2.11. The van der Waals surface area contributed by atoms with E-state index in [1.807, 2.05) is 43.3 Å². The highest BCUT2D eigenvalue weighted by atomic mass is 16.6. The number of nitro groups is 2. The summed E-state index contributed by atoms with van der Waals surface area (Å²) in [7, 11) is 3.92. The van der Waals surface area contributed by atoms with E-state index in [9.17, 15) is 29.8 Å². The Kier molecular flexibility index (Phi) is 8.64. The number of carboxylic acid groups (broad SMARTS) is 2. The fourth-order valence-corrected chi connectivity index (χ4v) is 2.60. The number of non-ortho nitro benzene ring substituents is 2. The van der Waals surface area contributed by atoms with Crippen LogP contribution in [0.2, 0.25) is 0 Å². The first-order valence-corrected chi connectivity index (χ1v) is 9.68. The van der Waals surface area contributed by atoms with Gasteiger partial charge in [-0.15, -0.1) is 5.11 Å². The molecule has 0 aliphatic heterocycles. The quantitative estimate of drug-likeness (QED) is 0.264. The third-order valence-corrected chi connectivity index (χ3v) is 4.34. The molecule has 13 nitrogen and oxygen atoms in total. The number of carbonyl (C=O) groups is 2. The predicted molar refractivity (Wildman–Crippen MR) is 125 cm³/mol. The molecule has 0 bridgehead atoms. The van der Waals surface area contributed by atoms with Gasteiger partial charge in [0, 0.05) is 31.9 Å². The molecule has 0 radical (unpaired) electrons. The van der Waals surface area contributed by atoms with Crippen LogP contribution in [-0.4, -0.2) is 46.1 Å². The first kappa shape index (κ1) is 26.1. The molecule has 0 aliphatic carbocycles. The molecule has 180 valence electrons. The van der Waals surface area contributed by atoms with Crippen molar-refractivity contribution in [2.24, 2.45) is 10.2 Å². The first-order chi connectivity index (χ1) is 16.5. The number of rotatable bonds is 7. The molecule has 35 heavy (non-hydrogen) atoms. The van der Waals surface area contributed by atoms with E-state index in [1.165, 1.54) is 6.07 Å². The normalized spacial score (nSPS) is 10.2. The minimum Gasteiger partial charge on any atom is -0.478 e. The third-order valence-electron chi connectivity index (χ3n) is 4.34. The SMILES string of the molecule is CN(C)c1ccc(N=Nc2ccccc2C(=O)O)cc1.O=C(O)c1cc([N+](=O)[O-])cc([N+](=O)[O-])c1. The maximum Gasteiger partial charge on any atom is 0.337 e. The summed E-state index contributed by atoms with van der Waals surface area (Å²) in [5.74, 6) is -2.47. The molecule has 0 aromatic heterocycles. The number of hydrogen-bond acceptors (Lipinski definition) is 9. The van der Waals surface area contributed by atoms with Crippen LogP contribution in [0.15, 0.2) is 77.0 Å². The van der Waals surface area contributed by atoms with Gasteiger partial charge in [-0.1, -0.05) is 12.1 Å². The largest absolute Gasteiger partial charge is 0.478 e. The Labute approximate surface area is 197 Å². The van der Waals surface area contributed by atoms with Gasteiger partial charge in [0.15, 0.2) is 0 Å². The molecule has 13 heteroatoms. The van der Waals surface area contributed by atoms with Gasteiger partial charge in [0.25, 0.3) is 11.4 Å². The molecule has 0 aliphatic rings. The average molecular weight is 481 g/mol. The van der Waals surface area contributed by atoms with E-state index in [1.54, 1.807) is 18.2 Å². The molecule has 0 unspecified atom stereocenters. The number of aromatic carboxylic acids is 2. The van der Waals surface area contributed by atoms with Gasteiger partial charge in [-0.05, 0) is 36.4 Å². The smallest absolute Gasteiger partial charge is 0.337 e.